The molecule has 1 saturated heterocycles. The lowest BCUT2D eigenvalue weighted by molar-refractivity contribution is 0.145. The van der Waals surface area contributed by atoms with Gasteiger partial charge < -0.3 is 15.3 Å². The van der Waals surface area contributed by atoms with Crippen LogP contribution in [0.1, 0.15) is 30.4 Å². The van der Waals surface area contributed by atoms with Gasteiger partial charge in [-0.3, -0.25) is 0 Å². The van der Waals surface area contributed by atoms with Crippen LogP contribution in [-0.4, -0.2) is 35.3 Å². The van der Waals surface area contributed by atoms with Crippen LogP contribution in [-0.2, 0) is 12.8 Å². The summed E-state index contributed by atoms with van der Waals surface area (Å²) in [5.41, 5.74) is 4.08. The predicted octanol–water partition coefficient (Wildman–Crippen LogP) is 3.01. The van der Waals surface area contributed by atoms with Crippen LogP contribution in [0.2, 0.25) is 0 Å². The quantitative estimate of drug-likeness (QED) is 0.911. The molecule has 4 nitrogen and oxygen atoms in total. The number of piperidine rings is 1. The van der Waals surface area contributed by atoms with Crippen molar-refractivity contribution in [3.63, 3.8) is 0 Å². The molecule has 1 aromatic carbocycles. The Morgan fingerprint density at radius 3 is 2.62 bits per heavy atom. The second-order valence-electron chi connectivity index (χ2n) is 6.95. The largest absolute Gasteiger partial charge is 0.393 e. The lowest BCUT2D eigenvalue weighted by Gasteiger charge is -2.33. The van der Waals surface area contributed by atoms with Crippen molar-refractivity contribution in [1.29, 1.82) is 0 Å². The number of benzene rings is 1. The number of hydrogen-bond donors (Lipinski definition) is 2. The number of nitrogens with zero attached hydrogens (tertiary/aromatic N) is 2. The highest BCUT2D eigenvalue weighted by Gasteiger charge is 2.23. The molecule has 0 bridgehead atoms. The first-order valence-corrected chi connectivity index (χ1v) is 9.01. The normalized spacial score (nSPS) is 21.4. The summed E-state index contributed by atoms with van der Waals surface area (Å²) >= 11 is 0. The average Bonchev–Trinajstić information content (AvgIpc) is 2.63. The molecule has 1 aliphatic heterocycles. The summed E-state index contributed by atoms with van der Waals surface area (Å²) in [6.45, 7) is 1.75. The van der Waals surface area contributed by atoms with Crippen molar-refractivity contribution in [2.75, 3.05) is 23.3 Å². The van der Waals surface area contributed by atoms with Crippen LogP contribution >= 0.6 is 0 Å². The maximum absolute atomic E-state index is 9.73. The molecule has 2 aromatic rings. The highest BCUT2D eigenvalue weighted by molar-refractivity contribution is 5.66. The van der Waals surface area contributed by atoms with E-state index in [1.165, 1.54) is 11.1 Å². The number of aryl methyl sites for hydroxylation is 1. The summed E-state index contributed by atoms with van der Waals surface area (Å²) in [5.74, 6) is 1.03. The van der Waals surface area contributed by atoms with E-state index in [0.29, 0.717) is 6.04 Å². The summed E-state index contributed by atoms with van der Waals surface area (Å²) in [6, 6.07) is 13.4. The van der Waals surface area contributed by atoms with Gasteiger partial charge in [-0.15, -0.1) is 0 Å². The van der Waals surface area contributed by atoms with E-state index in [9.17, 15) is 5.11 Å². The van der Waals surface area contributed by atoms with Gasteiger partial charge in [0.1, 0.15) is 0 Å². The molecule has 0 spiro atoms. The standard InChI is InChI=1S/C20H25N3O/c24-18-9-12-23(13-10-18)20-19(6-3-11-21-20)22-17-8-7-15-4-1-2-5-16(15)14-17/h1-6,11,17-18,22,24H,7-10,12-14H2. The molecule has 1 unspecified atom stereocenters. The molecule has 0 radical (unpaired) electrons. The van der Waals surface area contributed by atoms with E-state index in [-0.39, 0.29) is 6.10 Å². The first-order chi connectivity index (χ1) is 11.8. The van der Waals surface area contributed by atoms with E-state index >= 15 is 0 Å². The van der Waals surface area contributed by atoms with Crippen molar-refractivity contribution in [2.24, 2.45) is 0 Å². The molecule has 2 aliphatic rings. The topological polar surface area (TPSA) is 48.4 Å². The lowest BCUT2D eigenvalue weighted by Crippen LogP contribution is -2.37. The first-order valence-electron chi connectivity index (χ1n) is 9.01. The van der Waals surface area contributed by atoms with Crippen LogP contribution in [0.15, 0.2) is 42.6 Å². The Bertz CT molecular complexity index is 695. The van der Waals surface area contributed by atoms with Gasteiger partial charge in [0.2, 0.25) is 0 Å². The maximum Gasteiger partial charge on any atom is 0.151 e. The van der Waals surface area contributed by atoms with E-state index < -0.39 is 0 Å². The number of aliphatic hydroxyl groups excluding tert-OH is 1. The van der Waals surface area contributed by atoms with Crippen LogP contribution < -0.4 is 10.2 Å². The number of rotatable bonds is 3. The molecule has 1 aliphatic carbocycles. The fraction of sp³-hybridized carbons (Fsp3) is 0.450. The predicted molar refractivity (Wildman–Crippen MR) is 97.6 cm³/mol. The molecule has 0 amide bonds. The van der Waals surface area contributed by atoms with Crippen molar-refractivity contribution >= 4 is 11.5 Å². The fourth-order valence-electron chi connectivity index (χ4n) is 3.88. The molecular weight excluding hydrogens is 298 g/mol. The van der Waals surface area contributed by atoms with Crippen molar-refractivity contribution in [1.82, 2.24) is 4.98 Å². The number of pyridine rings is 1. The maximum atomic E-state index is 9.73. The lowest BCUT2D eigenvalue weighted by atomic mass is 9.88. The second kappa shape index (κ2) is 6.81. The molecule has 1 fully saturated rings. The van der Waals surface area contributed by atoms with Crippen LogP contribution in [0.25, 0.3) is 0 Å². The summed E-state index contributed by atoms with van der Waals surface area (Å²) in [7, 11) is 0. The number of nitrogens with one attached hydrogen (secondary N) is 1. The minimum Gasteiger partial charge on any atom is -0.393 e. The molecule has 4 rings (SSSR count). The van der Waals surface area contributed by atoms with Crippen LogP contribution in [0.4, 0.5) is 11.5 Å². The van der Waals surface area contributed by atoms with E-state index in [1.54, 1.807) is 0 Å². The number of anilines is 2. The van der Waals surface area contributed by atoms with Crippen molar-refractivity contribution in [2.45, 2.75) is 44.2 Å². The molecule has 24 heavy (non-hydrogen) atoms. The van der Waals surface area contributed by atoms with Gasteiger partial charge in [-0.05, 0) is 55.4 Å². The molecule has 126 valence electrons. The van der Waals surface area contributed by atoms with E-state index in [4.69, 9.17) is 0 Å². The van der Waals surface area contributed by atoms with Crippen molar-refractivity contribution in [3.8, 4) is 0 Å². The Hall–Kier alpha value is -2.07. The van der Waals surface area contributed by atoms with Gasteiger partial charge in [-0.25, -0.2) is 4.98 Å². The molecule has 4 heteroatoms. The van der Waals surface area contributed by atoms with Gasteiger partial charge in [0.25, 0.3) is 0 Å². The minimum atomic E-state index is -0.156. The van der Waals surface area contributed by atoms with Crippen LogP contribution in [0.5, 0.6) is 0 Å². The van der Waals surface area contributed by atoms with Gasteiger partial charge >= 0.3 is 0 Å². The van der Waals surface area contributed by atoms with Crippen molar-refractivity contribution < 1.29 is 5.11 Å². The summed E-state index contributed by atoms with van der Waals surface area (Å²) in [5, 5.41) is 13.5. The zero-order chi connectivity index (χ0) is 16.4. The van der Waals surface area contributed by atoms with Crippen LogP contribution in [0, 0.1) is 0 Å². The third-order valence-corrected chi connectivity index (χ3v) is 5.26. The van der Waals surface area contributed by atoms with E-state index in [0.717, 1.165) is 56.7 Å². The SMILES string of the molecule is OC1CCN(c2ncccc2NC2CCc3ccccc3C2)CC1. The highest BCUT2D eigenvalue weighted by Crippen LogP contribution is 2.29. The fourth-order valence-corrected chi connectivity index (χ4v) is 3.88. The summed E-state index contributed by atoms with van der Waals surface area (Å²) in [4.78, 5) is 6.92. The van der Waals surface area contributed by atoms with Gasteiger partial charge in [0.15, 0.2) is 5.82 Å². The molecular formula is C20H25N3O. The average molecular weight is 323 g/mol. The summed E-state index contributed by atoms with van der Waals surface area (Å²) in [6.07, 6.45) is 6.73. The zero-order valence-corrected chi connectivity index (χ0v) is 14.0. The third kappa shape index (κ3) is 3.24. The molecule has 0 saturated carbocycles. The Kier molecular flexibility index (Phi) is 4.39. The first kappa shape index (κ1) is 15.5. The Morgan fingerprint density at radius 1 is 1.00 bits per heavy atom. The number of aliphatic hydroxyl groups is 1. The van der Waals surface area contributed by atoms with Crippen molar-refractivity contribution in [3.05, 3.63) is 53.7 Å². The van der Waals surface area contributed by atoms with Crippen LogP contribution in [0.3, 0.4) is 0 Å². The Balaban J connectivity index is 1.49. The molecule has 1 aromatic heterocycles. The Labute approximate surface area is 143 Å². The monoisotopic (exact) mass is 323 g/mol. The third-order valence-electron chi connectivity index (χ3n) is 5.26. The van der Waals surface area contributed by atoms with E-state index in [1.807, 2.05) is 12.3 Å². The minimum absolute atomic E-state index is 0.156. The Morgan fingerprint density at radius 2 is 1.79 bits per heavy atom. The zero-order valence-electron chi connectivity index (χ0n) is 14.0. The molecule has 2 N–H and O–H groups in total. The van der Waals surface area contributed by atoms with Gasteiger partial charge in [0.05, 0.1) is 11.8 Å². The molecule has 1 atom stereocenters. The van der Waals surface area contributed by atoms with Gasteiger partial charge in [0, 0.05) is 25.3 Å². The summed E-state index contributed by atoms with van der Waals surface area (Å²) < 4.78 is 0. The number of hydrogen-bond acceptors (Lipinski definition) is 4. The number of fused-ring (bicyclic) bond motifs is 1. The van der Waals surface area contributed by atoms with E-state index in [2.05, 4.69) is 45.5 Å². The van der Waals surface area contributed by atoms with Gasteiger partial charge in [-0.2, -0.15) is 0 Å². The second-order valence-corrected chi connectivity index (χ2v) is 6.95. The smallest absolute Gasteiger partial charge is 0.151 e. The highest BCUT2D eigenvalue weighted by atomic mass is 16.3. The molecule has 2 heterocycles. The number of aromatic nitrogens is 1. The van der Waals surface area contributed by atoms with Gasteiger partial charge in [-0.1, -0.05) is 24.3 Å².